The van der Waals surface area contributed by atoms with Gasteiger partial charge < -0.3 is 19.8 Å². The summed E-state index contributed by atoms with van der Waals surface area (Å²) in [6, 6.07) is 0.841. The van der Waals surface area contributed by atoms with Gasteiger partial charge in [0, 0.05) is 19.0 Å². The Hall–Kier alpha value is -1.89. The molecule has 0 saturated carbocycles. The summed E-state index contributed by atoms with van der Waals surface area (Å²) in [6.07, 6.45) is 1.74. The van der Waals surface area contributed by atoms with Gasteiger partial charge in [0.25, 0.3) is 0 Å². The number of ether oxygens (including phenoxy) is 1. The maximum absolute atomic E-state index is 11.2. The highest BCUT2D eigenvalue weighted by Crippen LogP contribution is 2.25. The van der Waals surface area contributed by atoms with E-state index in [9.17, 15) is 9.90 Å². The third kappa shape index (κ3) is 3.11. The van der Waals surface area contributed by atoms with Crippen molar-refractivity contribution in [2.24, 2.45) is 0 Å². The first kappa shape index (κ1) is 13.5. The van der Waals surface area contributed by atoms with E-state index in [1.54, 1.807) is 11.0 Å². The van der Waals surface area contributed by atoms with Crippen molar-refractivity contribution in [3.05, 3.63) is 12.4 Å². The first-order valence-corrected chi connectivity index (χ1v) is 6.24. The van der Waals surface area contributed by atoms with Crippen LogP contribution >= 0.6 is 0 Å². The van der Waals surface area contributed by atoms with Crippen molar-refractivity contribution in [1.82, 2.24) is 9.97 Å². The zero-order valence-electron chi connectivity index (χ0n) is 10.7. The van der Waals surface area contributed by atoms with Crippen LogP contribution in [0.5, 0.6) is 5.88 Å². The van der Waals surface area contributed by atoms with Crippen LogP contribution in [0.1, 0.15) is 19.8 Å². The standard InChI is InChI=1S/C12H17N3O4/c1-2-3-19-11-5-10(13-7-14-11)15-6-8(16)4-9(15)12(17)18/h5,7-9,16H,2-4,6H2,1H3,(H,17,18). The fourth-order valence-corrected chi connectivity index (χ4v) is 2.07. The van der Waals surface area contributed by atoms with E-state index in [-0.39, 0.29) is 13.0 Å². The van der Waals surface area contributed by atoms with Crippen LogP contribution in [-0.4, -0.2) is 51.4 Å². The summed E-state index contributed by atoms with van der Waals surface area (Å²) in [5.74, 6) is -0.0892. The summed E-state index contributed by atoms with van der Waals surface area (Å²) in [4.78, 5) is 20.7. The molecule has 0 amide bonds. The lowest BCUT2D eigenvalue weighted by Crippen LogP contribution is -2.36. The third-order valence-electron chi connectivity index (χ3n) is 2.94. The molecule has 1 aromatic rings. The van der Waals surface area contributed by atoms with Gasteiger partial charge in [0.2, 0.25) is 5.88 Å². The monoisotopic (exact) mass is 267 g/mol. The Bertz CT molecular complexity index is 454. The molecule has 19 heavy (non-hydrogen) atoms. The van der Waals surface area contributed by atoms with Gasteiger partial charge in [-0.15, -0.1) is 0 Å². The number of aliphatic hydroxyl groups excluding tert-OH is 1. The predicted molar refractivity (Wildman–Crippen MR) is 67.2 cm³/mol. The minimum absolute atomic E-state index is 0.199. The summed E-state index contributed by atoms with van der Waals surface area (Å²) in [5, 5.41) is 18.8. The maximum atomic E-state index is 11.2. The summed E-state index contributed by atoms with van der Waals surface area (Å²) < 4.78 is 5.39. The number of carboxylic acids is 1. The van der Waals surface area contributed by atoms with Gasteiger partial charge in [0.15, 0.2) is 0 Å². The summed E-state index contributed by atoms with van der Waals surface area (Å²) in [5.41, 5.74) is 0. The third-order valence-corrected chi connectivity index (χ3v) is 2.94. The summed E-state index contributed by atoms with van der Waals surface area (Å²) in [6.45, 7) is 2.78. The topological polar surface area (TPSA) is 95.8 Å². The van der Waals surface area contributed by atoms with Crippen molar-refractivity contribution >= 4 is 11.8 Å². The second-order valence-corrected chi connectivity index (χ2v) is 4.46. The Labute approximate surface area is 110 Å². The molecule has 104 valence electrons. The van der Waals surface area contributed by atoms with Gasteiger partial charge in [-0.25, -0.2) is 14.8 Å². The van der Waals surface area contributed by atoms with E-state index in [1.807, 2.05) is 6.92 Å². The molecule has 2 N–H and O–H groups in total. The van der Waals surface area contributed by atoms with Gasteiger partial charge in [0.05, 0.1) is 12.7 Å². The zero-order chi connectivity index (χ0) is 13.8. The highest BCUT2D eigenvalue weighted by molar-refractivity contribution is 5.78. The van der Waals surface area contributed by atoms with Crippen molar-refractivity contribution in [2.45, 2.75) is 31.9 Å². The molecule has 1 aliphatic heterocycles. The van der Waals surface area contributed by atoms with Crippen LogP contribution in [0.25, 0.3) is 0 Å². The van der Waals surface area contributed by atoms with Crippen molar-refractivity contribution < 1.29 is 19.7 Å². The molecule has 2 atom stereocenters. The van der Waals surface area contributed by atoms with Gasteiger partial charge in [-0.3, -0.25) is 0 Å². The second-order valence-electron chi connectivity index (χ2n) is 4.46. The molecule has 1 fully saturated rings. The van der Waals surface area contributed by atoms with E-state index in [1.165, 1.54) is 6.33 Å². The minimum Gasteiger partial charge on any atom is -0.480 e. The SMILES string of the molecule is CCCOc1cc(N2CC(O)CC2C(=O)O)ncn1. The quantitative estimate of drug-likeness (QED) is 0.791. The Balaban J connectivity index is 2.18. The van der Waals surface area contributed by atoms with E-state index >= 15 is 0 Å². The Morgan fingerprint density at radius 2 is 2.37 bits per heavy atom. The fraction of sp³-hybridized carbons (Fsp3) is 0.583. The van der Waals surface area contributed by atoms with E-state index in [2.05, 4.69) is 9.97 Å². The highest BCUT2D eigenvalue weighted by Gasteiger charge is 2.36. The number of rotatable bonds is 5. The van der Waals surface area contributed by atoms with Gasteiger partial charge in [0.1, 0.15) is 18.2 Å². The van der Waals surface area contributed by atoms with Gasteiger partial charge >= 0.3 is 5.97 Å². The smallest absolute Gasteiger partial charge is 0.326 e. The maximum Gasteiger partial charge on any atom is 0.326 e. The largest absolute Gasteiger partial charge is 0.480 e. The van der Waals surface area contributed by atoms with Crippen LogP contribution in [0.3, 0.4) is 0 Å². The normalized spacial score (nSPS) is 22.5. The molecular formula is C12H17N3O4. The molecule has 2 rings (SSSR count). The number of hydrogen-bond donors (Lipinski definition) is 2. The molecule has 2 unspecified atom stereocenters. The average molecular weight is 267 g/mol. The fourth-order valence-electron chi connectivity index (χ4n) is 2.07. The number of aliphatic carboxylic acids is 1. The number of β-amino-alcohol motifs (C(OH)–C–C–N with tert-alkyl or cyclic N) is 1. The van der Waals surface area contributed by atoms with Crippen molar-refractivity contribution in [2.75, 3.05) is 18.1 Å². The minimum atomic E-state index is -0.966. The van der Waals surface area contributed by atoms with Gasteiger partial charge in [-0.2, -0.15) is 0 Å². The molecule has 0 spiro atoms. The second kappa shape index (κ2) is 5.83. The van der Waals surface area contributed by atoms with E-state index in [0.29, 0.717) is 18.3 Å². The van der Waals surface area contributed by atoms with Crippen LogP contribution in [0.2, 0.25) is 0 Å². The molecule has 0 aliphatic carbocycles. The number of anilines is 1. The summed E-state index contributed by atoms with van der Waals surface area (Å²) in [7, 11) is 0. The number of aliphatic hydroxyl groups is 1. The number of carboxylic acid groups (broad SMARTS) is 1. The molecule has 0 radical (unpaired) electrons. The average Bonchev–Trinajstić information content (AvgIpc) is 2.79. The molecule has 0 bridgehead atoms. The summed E-state index contributed by atoms with van der Waals surface area (Å²) >= 11 is 0. The van der Waals surface area contributed by atoms with Crippen LogP contribution in [-0.2, 0) is 4.79 Å². The van der Waals surface area contributed by atoms with Crippen molar-refractivity contribution in [1.29, 1.82) is 0 Å². The molecule has 1 saturated heterocycles. The lowest BCUT2D eigenvalue weighted by atomic mass is 10.2. The predicted octanol–water partition coefficient (Wildman–Crippen LogP) is 0.290. The van der Waals surface area contributed by atoms with Crippen molar-refractivity contribution in [3.63, 3.8) is 0 Å². The van der Waals surface area contributed by atoms with Gasteiger partial charge in [-0.05, 0) is 6.42 Å². The number of aromatic nitrogens is 2. The Morgan fingerprint density at radius 3 is 3.05 bits per heavy atom. The Kier molecular flexibility index (Phi) is 4.16. The van der Waals surface area contributed by atoms with E-state index < -0.39 is 18.1 Å². The van der Waals surface area contributed by atoms with E-state index in [0.717, 1.165) is 6.42 Å². The number of carbonyl (C=O) groups is 1. The van der Waals surface area contributed by atoms with Crippen LogP contribution in [0.4, 0.5) is 5.82 Å². The van der Waals surface area contributed by atoms with Gasteiger partial charge in [-0.1, -0.05) is 6.92 Å². The zero-order valence-corrected chi connectivity index (χ0v) is 10.7. The first-order valence-electron chi connectivity index (χ1n) is 6.24. The molecule has 1 aromatic heterocycles. The van der Waals surface area contributed by atoms with Crippen LogP contribution in [0, 0.1) is 0 Å². The highest BCUT2D eigenvalue weighted by atomic mass is 16.5. The number of nitrogens with zero attached hydrogens (tertiary/aromatic N) is 3. The molecule has 7 nitrogen and oxygen atoms in total. The van der Waals surface area contributed by atoms with Crippen LogP contribution in [0.15, 0.2) is 12.4 Å². The lowest BCUT2D eigenvalue weighted by molar-refractivity contribution is -0.138. The molecule has 2 heterocycles. The lowest BCUT2D eigenvalue weighted by Gasteiger charge is -2.22. The Morgan fingerprint density at radius 1 is 1.58 bits per heavy atom. The molecular weight excluding hydrogens is 250 g/mol. The number of hydrogen-bond acceptors (Lipinski definition) is 6. The first-order chi connectivity index (χ1) is 9.11. The van der Waals surface area contributed by atoms with Crippen LogP contribution < -0.4 is 9.64 Å². The molecule has 7 heteroatoms. The van der Waals surface area contributed by atoms with E-state index in [4.69, 9.17) is 9.84 Å². The van der Waals surface area contributed by atoms with Crippen molar-refractivity contribution in [3.8, 4) is 5.88 Å². The molecule has 0 aromatic carbocycles. The molecule has 1 aliphatic rings.